The van der Waals surface area contributed by atoms with E-state index in [9.17, 15) is 4.79 Å². The van der Waals surface area contributed by atoms with Crippen LogP contribution in [0.3, 0.4) is 0 Å². The van der Waals surface area contributed by atoms with Crippen LogP contribution < -0.4 is 5.32 Å². The molecule has 0 rings (SSSR count). The van der Waals surface area contributed by atoms with Gasteiger partial charge in [0, 0.05) is 12.1 Å². The van der Waals surface area contributed by atoms with Gasteiger partial charge in [-0.1, -0.05) is 39.8 Å². The van der Waals surface area contributed by atoms with E-state index in [2.05, 4.69) is 53.1 Å². The van der Waals surface area contributed by atoms with Crippen molar-refractivity contribution in [2.45, 2.75) is 59.5 Å². The predicted molar refractivity (Wildman–Crippen MR) is 90.2 cm³/mol. The largest absolute Gasteiger partial charge is 0.371 e. The smallest absolute Gasteiger partial charge is 0.249 e. The molecule has 0 saturated carbocycles. The van der Waals surface area contributed by atoms with Gasteiger partial charge in [0.05, 0.1) is 12.2 Å². The Morgan fingerprint density at radius 1 is 1.33 bits per heavy atom. The van der Waals surface area contributed by atoms with Gasteiger partial charge in [-0.05, 0) is 38.5 Å². The van der Waals surface area contributed by atoms with Crippen molar-refractivity contribution in [3.8, 4) is 0 Å². The number of ether oxygens (including phenoxy) is 1. The molecule has 0 aromatic carbocycles. The summed E-state index contributed by atoms with van der Waals surface area (Å²) in [7, 11) is 0. The molecule has 0 saturated heterocycles. The Kier molecular flexibility index (Phi) is 9.27. The van der Waals surface area contributed by atoms with Gasteiger partial charge >= 0.3 is 0 Å². The zero-order valence-electron chi connectivity index (χ0n) is 14.5. The van der Waals surface area contributed by atoms with Gasteiger partial charge in [0.1, 0.15) is 0 Å². The lowest BCUT2D eigenvalue weighted by Crippen LogP contribution is -2.32. The van der Waals surface area contributed by atoms with E-state index in [1.165, 1.54) is 12.8 Å². The van der Waals surface area contributed by atoms with E-state index in [1.54, 1.807) is 6.08 Å². The highest BCUT2D eigenvalue weighted by molar-refractivity contribution is 5.93. The fraction of sp³-hybridized carbons (Fsp3) is 0.722. The third-order valence-electron chi connectivity index (χ3n) is 3.71. The van der Waals surface area contributed by atoms with Gasteiger partial charge in [-0.3, -0.25) is 4.79 Å². The quantitative estimate of drug-likeness (QED) is 0.460. The molecule has 3 nitrogen and oxygen atoms in total. The Morgan fingerprint density at radius 2 is 1.95 bits per heavy atom. The highest BCUT2D eigenvalue weighted by atomic mass is 16.5. The van der Waals surface area contributed by atoms with Gasteiger partial charge in [0.2, 0.25) is 5.91 Å². The Labute approximate surface area is 130 Å². The number of carbonyl (C=O) groups is 1. The number of nitrogens with one attached hydrogen (secondary N) is 1. The fourth-order valence-electron chi connectivity index (χ4n) is 2.47. The van der Waals surface area contributed by atoms with Crippen molar-refractivity contribution in [3.05, 3.63) is 24.8 Å². The highest BCUT2D eigenvalue weighted by Crippen LogP contribution is 2.26. The van der Waals surface area contributed by atoms with Gasteiger partial charge in [-0.2, -0.15) is 0 Å². The number of carbonyl (C=O) groups excluding carboxylic acids is 1. The van der Waals surface area contributed by atoms with Gasteiger partial charge < -0.3 is 10.1 Å². The van der Waals surface area contributed by atoms with Crippen LogP contribution in [-0.4, -0.2) is 24.7 Å². The maximum atomic E-state index is 11.7. The van der Waals surface area contributed by atoms with Crippen LogP contribution in [-0.2, 0) is 9.53 Å². The molecule has 0 fully saturated rings. The van der Waals surface area contributed by atoms with E-state index in [1.807, 2.05) is 0 Å². The number of amides is 1. The van der Waals surface area contributed by atoms with Gasteiger partial charge in [0.25, 0.3) is 0 Å². The van der Waals surface area contributed by atoms with Crippen LogP contribution >= 0.6 is 0 Å². The zero-order valence-corrected chi connectivity index (χ0v) is 14.5. The minimum absolute atomic E-state index is 0.168. The average Bonchev–Trinajstić information content (AvgIpc) is 2.41. The molecule has 0 heterocycles. The molecule has 0 radical (unpaired) electrons. The molecule has 3 heteroatoms. The van der Waals surface area contributed by atoms with Crippen molar-refractivity contribution in [1.82, 2.24) is 5.32 Å². The summed E-state index contributed by atoms with van der Waals surface area (Å²) in [5.74, 6) is 1.19. The van der Waals surface area contributed by atoms with Crippen LogP contribution in [0.4, 0.5) is 0 Å². The summed E-state index contributed by atoms with van der Waals surface area (Å²) in [4.78, 5) is 11.7. The summed E-state index contributed by atoms with van der Waals surface area (Å²) in [6, 6.07) is 0. The summed E-state index contributed by atoms with van der Waals surface area (Å²) in [5, 5.41) is 2.71. The maximum Gasteiger partial charge on any atom is 0.249 e. The molecule has 0 spiro atoms. The summed E-state index contributed by atoms with van der Waals surface area (Å²) in [6.07, 6.45) is 5.06. The van der Waals surface area contributed by atoms with Crippen LogP contribution in [0, 0.1) is 11.8 Å². The van der Waals surface area contributed by atoms with Crippen LogP contribution in [0.1, 0.15) is 53.9 Å². The van der Waals surface area contributed by atoms with E-state index in [4.69, 9.17) is 4.74 Å². The van der Waals surface area contributed by atoms with Crippen molar-refractivity contribution in [2.24, 2.45) is 11.8 Å². The first-order valence-electron chi connectivity index (χ1n) is 7.92. The van der Waals surface area contributed by atoms with Gasteiger partial charge in [0.15, 0.2) is 0 Å². The van der Waals surface area contributed by atoms with Crippen molar-refractivity contribution < 1.29 is 9.53 Å². The summed E-state index contributed by atoms with van der Waals surface area (Å²) in [5.41, 5.74) is 0.216. The molecule has 0 aliphatic heterocycles. The van der Waals surface area contributed by atoms with E-state index < -0.39 is 0 Å². The average molecular weight is 295 g/mol. The predicted octanol–water partition coefficient (Wildman–Crippen LogP) is 4.10. The molecule has 2 atom stereocenters. The van der Waals surface area contributed by atoms with Gasteiger partial charge in [-0.25, -0.2) is 0 Å². The first-order chi connectivity index (χ1) is 9.71. The number of hydrogen-bond donors (Lipinski definition) is 1. The summed E-state index contributed by atoms with van der Waals surface area (Å²) >= 11 is 0. The summed E-state index contributed by atoms with van der Waals surface area (Å²) in [6.45, 7) is 19.0. The molecular weight excluding hydrogens is 262 g/mol. The second-order valence-corrected chi connectivity index (χ2v) is 6.71. The minimum atomic E-state index is -0.242. The minimum Gasteiger partial charge on any atom is -0.371 e. The molecule has 0 aliphatic rings. The van der Waals surface area contributed by atoms with Crippen LogP contribution in [0.5, 0.6) is 0 Å². The second kappa shape index (κ2) is 9.78. The summed E-state index contributed by atoms with van der Waals surface area (Å²) < 4.78 is 5.89. The first-order valence-corrected chi connectivity index (χ1v) is 7.92. The third-order valence-corrected chi connectivity index (χ3v) is 3.71. The Hall–Kier alpha value is -1.09. The molecule has 1 N–H and O–H groups in total. The molecule has 0 aromatic heterocycles. The van der Waals surface area contributed by atoms with Crippen LogP contribution in [0.2, 0.25) is 0 Å². The third kappa shape index (κ3) is 9.46. The van der Waals surface area contributed by atoms with Gasteiger partial charge in [-0.15, -0.1) is 6.58 Å². The van der Waals surface area contributed by atoms with Crippen LogP contribution in [0.15, 0.2) is 24.8 Å². The maximum absolute atomic E-state index is 11.7. The Balaban J connectivity index is 4.19. The SMILES string of the molecule is C=CCNC(=O)C(=C)COC(C)(C)CC(C)CC(C)CC. The van der Waals surface area contributed by atoms with Crippen LogP contribution in [0.25, 0.3) is 0 Å². The monoisotopic (exact) mass is 295 g/mol. The van der Waals surface area contributed by atoms with Crippen molar-refractivity contribution in [2.75, 3.05) is 13.2 Å². The zero-order chi connectivity index (χ0) is 16.5. The van der Waals surface area contributed by atoms with Crippen molar-refractivity contribution in [1.29, 1.82) is 0 Å². The molecule has 122 valence electrons. The molecule has 2 unspecified atom stereocenters. The number of hydrogen-bond acceptors (Lipinski definition) is 2. The lowest BCUT2D eigenvalue weighted by atomic mass is 9.87. The van der Waals surface area contributed by atoms with E-state index in [-0.39, 0.29) is 18.1 Å². The normalized spacial score (nSPS) is 14.3. The molecular formula is C18H33NO2. The van der Waals surface area contributed by atoms with E-state index in [0.717, 1.165) is 12.3 Å². The lowest BCUT2D eigenvalue weighted by Gasteiger charge is -2.29. The molecule has 0 bridgehead atoms. The van der Waals surface area contributed by atoms with Crippen molar-refractivity contribution >= 4 is 5.91 Å². The van der Waals surface area contributed by atoms with E-state index >= 15 is 0 Å². The Morgan fingerprint density at radius 3 is 2.48 bits per heavy atom. The first kappa shape index (κ1) is 19.9. The Bertz CT molecular complexity index is 347. The standard InChI is InChI=1S/C18H33NO2/c1-8-10-19-17(20)16(5)13-21-18(6,7)12-15(4)11-14(3)9-2/h8,14-15H,1,5,9-13H2,2-4,6-7H3,(H,19,20). The molecule has 0 aliphatic carbocycles. The van der Waals surface area contributed by atoms with Crippen molar-refractivity contribution in [3.63, 3.8) is 0 Å². The number of rotatable bonds is 11. The molecule has 1 amide bonds. The second-order valence-electron chi connectivity index (χ2n) is 6.71. The molecule has 21 heavy (non-hydrogen) atoms. The topological polar surface area (TPSA) is 38.3 Å². The fourth-order valence-corrected chi connectivity index (χ4v) is 2.47. The lowest BCUT2D eigenvalue weighted by molar-refractivity contribution is -0.118. The molecule has 0 aromatic rings. The van der Waals surface area contributed by atoms with E-state index in [0.29, 0.717) is 18.0 Å². The highest BCUT2D eigenvalue weighted by Gasteiger charge is 2.23.